The number of amides is 3. The summed E-state index contributed by atoms with van der Waals surface area (Å²) in [6.07, 6.45) is -2.16. The van der Waals surface area contributed by atoms with Crippen LogP contribution in [0, 0.1) is 0 Å². The van der Waals surface area contributed by atoms with E-state index >= 15 is 0 Å². The molecule has 0 radical (unpaired) electrons. The van der Waals surface area contributed by atoms with Crippen LogP contribution in [0.25, 0.3) is 0 Å². The number of morpholine rings is 1. The lowest BCUT2D eigenvalue weighted by Crippen LogP contribution is -2.43. The van der Waals surface area contributed by atoms with Crippen molar-refractivity contribution in [2.24, 2.45) is 0 Å². The molecule has 2 aliphatic heterocycles. The van der Waals surface area contributed by atoms with Gasteiger partial charge in [0.2, 0.25) is 0 Å². The lowest BCUT2D eigenvalue weighted by molar-refractivity contribution is -0.274. The quantitative estimate of drug-likeness (QED) is 0.560. The number of anilines is 2. The van der Waals surface area contributed by atoms with E-state index in [1.165, 1.54) is 27.7 Å². The molecule has 0 saturated carbocycles. The first kappa shape index (κ1) is 24.7. The van der Waals surface area contributed by atoms with Crippen molar-refractivity contribution >= 4 is 33.5 Å². The molecule has 2 fully saturated rings. The number of pyridine rings is 1. The summed E-state index contributed by atoms with van der Waals surface area (Å²) in [6, 6.07) is 5.11. The molecule has 11 nitrogen and oxygen atoms in total. The first-order valence-electron chi connectivity index (χ1n) is 10.3. The van der Waals surface area contributed by atoms with Crippen molar-refractivity contribution in [3.63, 3.8) is 0 Å². The Labute approximate surface area is 198 Å². The van der Waals surface area contributed by atoms with Gasteiger partial charge in [-0.2, -0.15) is 12.7 Å². The molecule has 2 saturated heterocycles. The maximum absolute atomic E-state index is 12.9. The van der Waals surface area contributed by atoms with Crippen molar-refractivity contribution in [3.05, 3.63) is 48.3 Å². The molecule has 0 spiro atoms. The molecule has 0 bridgehead atoms. The Hall–Kier alpha value is -3.43. The Bertz CT molecular complexity index is 1200. The average molecular weight is 515 g/mol. The van der Waals surface area contributed by atoms with Gasteiger partial charge >= 0.3 is 22.6 Å². The van der Waals surface area contributed by atoms with Gasteiger partial charge in [0.1, 0.15) is 12.3 Å². The molecule has 35 heavy (non-hydrogen) atoms. The van der Waals surface area contributed by atoms with Crippen molar-refractivity contribution in [2.75, 3.05) is 42.5 Å². The van der Waals surface area contributed by atoms with Crippen LogP contribution >= 0.6 is 0 Å². The second-order valence-electron chi connectivity index (χ2n) is 7.56. The SMILES string of the molecule is O=C1CN(Cc2ccncc2NS(=O)(=O)N2CCOCC2)C(=O)N1c1ccc(OC(F)(F)F)cc1. The van der Waals surface area contributed by atoms with Gasteiger partial charge in [0.15, 0.2) is 0 Å². The van der Waals surface area contributed by atoms with Gasteiger partial charge in [0.25, 0.3) is 5.91 Å². The summed E-state index contributed by atoms with van der Waals surface area (Å²) in [4.78, 5) is 31.4. The van der Waals surface area contributed by atoms with Crippen LogP contribution in [0.15, 0.2) is 42.7 Å². The fraction of sp³-hybridized carbons (Fsp3) is 0.350. The number of hydrogen-bond donors (Lipinski definition) is 1. The Morgan fingerprint density at radius 1 is 1.09 bits per heavy atom. The average Bonchev–Trinajstić information content (AvgIpc) is 3.08. The van der Waals surface area contributed by atoms with E-state index in [0.717, 1.165) is 29.2 Å². The van der Waals surface area contributed by atoms with E-state index in [1.54, 1.807) is 0 Å². The highest BCUT2D eigenvalue weighted by Crippen LogP contribution is 2.29. The Morgan fingerprint density at radius 3 is 2.43 bits per heavy atom. The monoisotopic (exact) mass is 515 g/mol. The zero-order valence-electron chi connectivity index (χ0n) is 18.1. The third kappa shape index (κ3) is 5.80. The molecule has 15 heteroatoms. The number of urea groups is 1. The van der Waals surface area contributed by atoms with E-state index in [1.807, 2.05) is 0 Å². The Kier molecular flexibility index (Phi) is 6.82. The Morgan fingerprint density at radius 2 is 1.77 bits per heavy atom. The predicted molar refractivity (Wildman–Crippen MR) is 116 cm³/mol. The van der Waals surface area contributed by atoms with Crippen molar-refractivity contribution in [1.82, 2.24) is 14.2 Å². The van der Waals surface area contributed by atoms with Gasteiger partial charge in [0, 0.05) is 19.3 Å². The van der Waals surface area contributed by atoms with Crippen LogP contribution in [0.3, 0.4) is 0 Å². The number of rotatable bonds is 7. The highest BCUT2D eigenvalue weighted by Gasteiger charge is 2.38. The molecule has 0 unspecified atom stereocenters. The largest absolute Gasteiger partial charge is 0.573 e. The van der Waals surface area contributed by atoms with Crippen LogP contribution in [0.1, 0.15) is 5.56 Å². The number of hydrogen-bond acceptors (Lipinski definition) is 7. The third-order valence-corrected chi connectivity index (χ3v) is 6.71. The number of imide groups is 1. The molecule has 0 atom stereocenters. The predicted octanol–water partition coefficient (Wildman–Crippen LogP) is 1.94. The summed E-state index contributed by atoms with van der Waals surface area (Å²) < 4.78 is 75.2. The van der Waals surface area contributed by atoms with E-state index in [0.29, 0.717) is 5.56 Å². The van der Waals surface area contributed by atoms with Gasteiger partial charge in [-0.1, -0.05) is 0 Å². The molecule has 188 valence electrons. The van der Waals surface area contributed by atoms with Crippen LogP contribution in [-0.4, -0.2) is 73.8 Å². The molecule has 2 aromatic rings. The highest BCUT2D eigenvalue weighted by molar-refractivity contribution is 7.90. The zero-order chi connectivity index (χ0) is 25.2. The molecule has 1 aromatic heterocycles. The minimum atomic E-state index is -4.87. The van der Waals surface area contributed by atoms with Crippen molar-refractivity contribution in [2.45, 2.75) is 12.9 Å². The number of nitrogens with one attached hydrogen (secondary N) is 1. The summed E-state index contributed by atoms with van der Waals surface area (Å²) in [5, 5.41) is 0. The number of alkyl halides is 3. The molecule has 3 heterocycles. The van der Waals surface area contributed by atoms with Crippen molar-refractivity contribution in [3.8, 4) is 5.75 Å². The molecule has 1 aromatic carbocycles. The summed E-state index contributed by atoms with van der Waals surface area (Å²) in [5.41, 5.74) is 0.611. The summed E-state index contributed by atoms with van der Waals surface area (Å²) in [5.74, 6) is -1.09. The first-order valence-corrected chi connectivity index (χ1v) is 11.7. The Balaban J connectivity index is 1.48. The number of halogens is 3. The number of aromatic nitrogens is 1. The van der Waals surface area contributed by atoms with Crippen LogP contribution in [0.5, 0.6) is 5.75 Å². The van der Waals surface area contributed by atoms with Crippen LogP contribution < -0.4 is 14.4 Å². The molecule has 4 rings (SSSR count). The minimum Gasteiger partial charge on any atom is -0.406 e. The summed E-state index contributed by atoms with van der Waals surface area (Å²) in [7, 11) is -3.90. The molecule has 1 N–H and O–H groups in total. The van der Waals surface area contributed by atoms with Gasteiger partial charge in [-0.25, -0.2) is 9.69 Å². The molecule has 2 aliphatic rings. The molecular formula is C20H20F3N5O6S. The third-order valence-electron chi connectivity index (χ3n) is 5.19. The van der Waals surface area contributed by atoms with Crippen molar-refractivity contribution in [1.29, 1.82) is 0 Å². The van der Waals surface area contributed by atoms with Gasteiger partial charge in [-0.3, -0.25) is 14.5 Å². The standard InChI is InChI=1S/C20H20F3N5O6S/c21-20(22,23)34-16-3-1-15(2-4-16)28-18(29)13-26(19(28)30)12-14-5-6-24-11-17(14)25-35(31,32)27-7-9-33-10-8-27/h1-6,11,25H,7-10,12-13H2. The smallest absolute Gasteiger partial charge is 0.406 e. The van der Waals surface area contributed by atoms with Crippen LogP contribution in [0.2, 0.25) is 0 Å². The van der Waals surface area contributed by atoms with Gasteiger partial charge < -0.3 is 14.4 Å². The van der Waals surface area contributed by atoms with E-state index < -0.39 is 34.3 Å². The number of nitrogens with zero attached hydrogens (tertiary/aromatic N) is 4. The van der Waals surface area contributed by atoms with E-state index in [-0.39, 0.29) is 50.8 Å². The fourth-order valence-electron chi connectivity index (χ4n) is 3.57. The second kappa shape index (κ2) is 9.67. The molecule has 0 aliphatic carbocycles. The maximum atomic E-state index is 12.9. The highest BCUT2D eigenvalue weighted by atomic mass is 32.2. The number of ether oxygens (including phenoxy) is 2. The molecular weight excluding hydrogens is 495 g/mol. The van der Waals surface area contributed by atoms with Crippen molar-refractivity contribution < 1.29 is 40.7 Å². The lowest BCUT2D eigenvalue weighted by Gasteiger charge is -2.27. The summed E-state index contributed by atoms with van der Waals surface area (Å²) >= 11 is 0. The minimum absolute atomic E-state index is 0.0694. The number of benzene rings is 1. The maximum Gasteiger partial charge on any atom is 0.573 e. The van der Waals surface area contributed by atoms with Crippen LogP contribution in [-0.2, 0) is 26.3 Å². The second-order valence-corrected chi connectivity index (χ2v) is 9.23. The number of carbonyl (C=O) groups excluding carboxylic acids is 2. The lowest BCUT2D eigenvalue weighted by atomic mass is 10.2. The van der Waals surface area contributed by atoms with Crippen LogP contribution in [0.4, 0.5) is 29.3 Å². The topological polar surface area (TPSA) is 121 Å². The molecule has 3 amide bonds. The van der Waals surface area contributed by atoms with Gasteiger partial charge in [-0.15, -0.1) is 13.2 Å². The fourth-order valence-corrected chi connectivity index (χ4v) is 4.79. The summed E-state index contributed by atoms with van der Waals surface area (Å²) in [6.45, 7) is 0.490. The van der Waals surface area contributed by atoms with Gasteiger partial charge in [0.05, 0.1) is 37.3 Å². The van der Waals surface area contributed by atoms with Gasteiger partial charge in [-0.05, 0) is 35.9 Å². The van der Waals surface area contributed by atoms with E-state index in [9.17, 15) is 31.2 Å². The van der Waals surface area contributed by atoms with E-state index in [4.69, 9.17) is 4.74 Å². The van der Waals surface area contributed by atoms with E-state index in [2.05, 4.69) is 14.4 Å². The normalized spacial score (nSPS) is 17.7. The number of carbonyl (C=O) groups is 2. The zero-order valence-corrected chi connectivity index (χ0v) is 18.9. The first-order chi connectivity index (χ1) is 16.5.